The Morgan fingerprint density at radius 2 is 2.12 bits per heavy atom. The Morgan fingerprint density at radius 3 is 2.94 bits per heavy atom. The highest BCUT2D eigenvalue weighted by Gasteiger charge is 2.33. The summed E-state index contributed by atoms with van der Waals surface area (Å²) in [5.74, 6) is 0.681. The van der Waals surface area contributed by atoms with Gasteiger partial charge in [-0.05, 0) is 57.9 Å². The summed E-state index contributed by atoms with van der Waals surface area (Å²) in [5, 5.41) is 3.62. The van der Waals surface area contributed by atoms with Crippen molar-refractivity contribution in [3.05, 3.63) is 0 Å². The zero-order chi connectivity index (χ0) is 12.1. The molecule has 0 aromatic rings. The van der Waals surface area contributed by atoms with Crippen LogP contribution in [0.3, 0.4) is 0 Å². The van der Waals surface area contributed by atoms with Crippen molar-refractivity contribution in [3.63, 3.8) is 0 Å². The monoisotopic (exact) mass is 256 g/mol. The van der Waals surface area contributed by atoms with E-state index in [0.717, 1.165) is 19.2 Å². The van der Waals surface area contributed by atoms with Gasteiger partial charge in [0, 0.05) is 18.5 Å². The van der Waals surface area contributed by atoms with Crippen molar-refractivity contribution in [1.82, 2.24) is 10.2 Å². The molecule has 0 aromatic carbocycles. The molecule has 3 nitrogen and oxygen atoms in total. The number of piperidine rings is 2. The lowest BCUT2D eigenvalue weighted by molar-refractivity contribution is 0.0339. The molecule has 2 heterocycles. The van der Waals surface area contributed by atoms with Gasteiger partial charge in [-0.2, -0.15) is 0 Å². The number of thiocarbonyl (C=S) groups is 1. The first-order chi connectivity index (χ1) is 8.31. The Bertz CT molecular complexity index is 258. The average molecular weight is 256 g/mol. The van der Waals surface area contributed by atoms with Crippen molar-refractivity contribution in [2.75, 3.05) is 26.2 Å². The molecule has 0 bridgehead atoms. The molecule has 0 aliphatic carbocycles. The van der Waals surface area contributed by atoms with Gasteiger partial charge < -0.3 is 10.1 Å². The fourth-order valence-electron chi connectivity index (χ4n) is 3.15. The van der Waals surface area contributed by atoms with E-state index in [1.807, 2.05) is 6.92 Å². The van der Waals surface area contributed by atoms with Crippen molar-refractivity contribution < 1.29 is 4.74 Å². The van der Waals surface area contributed by atoms with Crippen LogP contribution in [0.5, 0.6) is 0 Å². The lowest BCUT2D eigenvalue weighted by Crippen LogP contribution is -2.49. The second-order valence-corrected chi connectivity index (χ2v) is 5.50. The molecule has 17 heavy (non-hydrogen) atoms. The number of hydrogen-bond donors (Lipinski definition) is 1. The molecule has 2 atom stereocenters. The van der Waals surface area contributed by atoms with Crippen LogP contribution >= 0.6 is 12.2 Å². The van der Waals surface area contributed by atoms with Crippen LogP contribution in [0, 0.1) is 5.92 Å². The molecule has 0 saturated carbocycles. The molecule has 2 saturated heterocycles. The number of ether oxygens (including phenoxy) is 1. The Morgan fingerprint density at radius 1 is 1.29 bits per heavy atom. The van der Waals surface area contributed by atoms with Crippen molar-refractivity contribution in [2.24, 2.45) is 5.92 Å². The maximum atomic E-state index is 5.66. The van der Waals surface area contributed by atoms with Gasteiger partial charge in [0.1, 0.15) is 0 Å². The van der Waals surface area contributed by atoms with E-state index in [1.165, 1.54) is 45.2 Å². The lowest BCUT2D eigenvalue weighted by atomic mass is 9.84. The van der Waals surface area contributed by atoms with Gasteiger partial charge in [-0.1, -0.05) is 6.42 Å². The van der Waals surface area contributed by atoms with Gasteiger partial charge in [0.05, 0.1) is 6.61 Å². The standard InChI is InChI=1S/C13H24N2OS/c1-2-14-13(17)16-10-11-6-5-9-15-8-4-3-7-12(11)15/h11-12H,2-10H2,1H3,(H,14,17). The second kappa shape index (κ2) is 6.55. The minimum Gasteiger partial charge on any atom is -0.471 e. The van der Waals surface area contributed by atoms with E-state index in [2.05, 4.69) is 10.2 Å². The zero-order valence-electron chi connectivity index (χ0n) is 10.8. The van der Waals surface area contributed by atoms with E-state index in [0.29, 0.717) is 11.1 Å². The maximum Gasteiger partial charge on any atom is 0.256 e. The van der Waals surface area contributed by atoms with Crippen LogP contribution in [0.15, 0.2) is 0 Å². The molecular formula is C13H24N2OS. The molecular weight excluding hydrogens is 232 g/mol. The molecule has 2 aliphatic rings. The minimum atomic E-state index is 0.570. The molecule has 2 fully saturated rings. The Labute approximate surface area is 110 Å². The van der Waals surface area contributed by atoms with Gasteiger partial charge in [-0.3, -0.25) is 4.90 Å². The fraction of sp³-hybridized carbons (Fsp3) is 0.923. The highest BCUT2D eigenvalue weighted by Crippen LogP contribution is 2.30. The average Bonchev–Trinajstić information content (AvgIpc) is 2.36. The predicted octanol–water partition coefficient (Wildman–Crippen LogP) is 2.16. The topological polar surface area (TPSA) is 24.5 Å². The van der Waals surface area contributed by atoms with Crippen molar-refractivity contribution in [3.8, 4) is 0 Å². The van der Waals surface area contributed by atoms with E-state index in [9.17, 15) is 0 Å². The van der Waals surface area contributed by atoms with Gasteiger partial charge in [0.15, 0.2) is 0 Å². The Balaban J connectivity index is 1.80. The molecule has 0 aromatic heterocycles. The smallest absolute Gasteiger partial charge is 0.256 e. The van der Waals surface area contributed by atoms with E-state index in [4.69, 9.17) is 17.0 Å². The summed E-state index contributed by atoms with van der Waals surface area (Å²) in [4.78, 5) is 2.66. The molecule has 1 N–H and O–H groups in total. The van der Waals surface area contributed by atoms with Crippen LogP contribution in [-0.2, 0) is 4.74 Å². The molecule has 2 aliphatic heterocycles. The van der Waals surface area contributed by atoms with Crippen LogP contribution < -0.4 is 5.32 Å². The molecule has 0 spiro atoms. The summed E-state index contributed by atoms with van der Waals surface area (Å²) in [7, 11) is 0. The first-order valence-electron chi connectivity index (χ1n) is 6.96. The van der Waals surface area contributed by atoms with Crippen molar-refractivity contribution >= 4 is 17.4 Å². The summed E-state index contributed by atoms with van der Waals surface area (Å²) in [5.41, 5.74) is 0. The molecule has 4 heteroatoms. The molecule has 2 rings (SSSR count). The summed E-state index contributed by atoms with van der Waals surface area (Å²) < 4.78 is 5.66. The third-order valence-corrected chi connectivity index (χ3v) is 4.24. The molecule has 0 radical (unpaired) electrons. The second-order valence-electron chi connectivity index (χ2n) is 5.13. The van der Waals surface area contributed by atoms with Gasteiger partial charge in [-0.15, -0.1) is 0 Å². The lowest BCUT2D eigenvalue weighted by Gasteiger charge is -2.44. The van der Waals surface area contributed by atoms with Crippen molar-refractivity contribution in [1.29, 1.82) is 0 Å². The first kappa shape index (κ1) is 13.1. The fourth-order valence-corrected chi connectivity index (χ4v) is 3.36. The van der Waals surface area contributed by atoms with Gasteiger partial charge in [0.2, 0.25) is 0 Å². The number of nitrogens with zero attached hydrogens (tertiary/aromatic N) is 1. The van der Waals surface area contributed by atoms with Crippen LogP contribution in [-0.4, -0.2) is 42.4 Å². The maximum absolute atomic E-state index is 5.66. The summed E-state index contributed by atoms with van der Waals surface area (Å²) in [6, 6.07) is 0.752. The minimum absolute atomic E-state index is 0.570. The van der Waals surface area contributed by atoms with E-state index in [1.54, 1.807) is 0 Å². The predicted molar refractivity (Wildman–Crippen MR) is 74.2 cm³/mol. The molecule has 2 unspecified atom stereocenters. The summed E-state index contributed by atoms with van der Waals surface area (Å²) in [6.07, 6.45) is 6.73. The summed E-state index contributed by atoms with van der Waals surface area (Å²) in [6.45, 7) is 6.27. The number of nitrogens with one attached hydrogen (secondary N) is 1. The van der Waals surface area contributed by atoms with E-state index < -0.39 is 0 Å². The van der Waals surface area contributed by atoms with Crippen LogP contribution in [0.2, 0.25) is 0 Å². The van der Waals surface area contributed by atoms with Crippen molar-refractivity contribution in [2.45, 2.75) is 45.1 Å². The first-order valence-corrected chi connectivity index (χ1v) is 7.36. The Hall–Kier alpha value is -0.350. The van der Waals surface area contributed by atoms with Crippen LogP contribution in [0.4, 0.5) is 0 Å². The summed E-state index contributed by atoms with van der Waals surface area (Å²) >= 11 is 5.12. The third kappa shape index (κ3) is 3.55. The van der Waals surface area contributed by atoms with Gasteiger partial charge in [-0.25, -0.2) is 0 Å². The normalized spacial score (nSPS) is 29.5. The SMILES string of the molecule is CCNC(=S)OCC1CCCN2CCCCC12. The van der Waals surface area contributed by atoms with Crippen LogP contribution in [0.1, 0.15) is 39.0 Å². The highest BCUT2D eigenvalue weighted by atomic mass is 32.1. The number of rotatable bonds is 3. The Kier molecular flexibility index (Phi) is 5.04. The van der Waals surface area contributed by atoms with E-state index in [-0.39, 0.29) is 0 Å². The van der Waals surface area contributed by atoms with Gasteiger partial charge >= 0.3 is 0 Å². The zero-order valence-corrected chi connectivity index (χ0v) is 11.6. The molecule has 98 valence electrons. The van der Waals surface area contributed by atoms with Crippen LogP contribution in [0.25, 0.3) is 0 Å². The number of hydrogen-bond acceptors (Lipinski definition) is 3. The van der Waals surface area contributed by atoms with E-state index >= 15 is 0 Å². The highest BCUT2D eigenvalue weighted by molar-refractivity contribution is 7.80. The quantitative estimate of drug-likeness (QED) is 0.782. The molecule has 0 amide bonds. The largest absolute Gasteiger partial charge is 0.471 e. The third-order valence-electron chi connectivity index (χ3n) is 3.98. The number of fused-ring (bicyclic) bond motifs is 1. The van der Waals surface area contributed by atoms with Gasteiger partial charge in [0.25, 0.3) is 5.17 Å².